The predicted octanol–water partition coefficient (Wildman–Crippen LogP) is 3.02. The second kappa shape index (κ2) is 6.35. The minimum atomic E-state index is -4.37. The van der Waals surface area contributed by atoms with Gasteiger partial charge in [-0.05, 0) is 26.3 Å². The fraction of sp³-hybridized carbons (Fsp3) is 0.600. The molecular formula is C15H20F3N5. The summed E-state index contributed by atoms with van der Waals surface area (Å²) in [6.45, 7) is 5.26. The van der Waals surface area contributed by atoms with Crippen molar-refractivity contribution in [1.29, 1.82) is 0 Å². The maximum absolute atomic E-state index is 12.7. The van der Waals surface area contributed by atoms with Crippen LogP contribution in [0.2, 0.25) is 0 Å². The van der Waals surface area contributed by atoms with E-state index in [1.807, 2.05) is 6.20 Å². The number of H-pyrrole nitrogens is 1. The van der Waals surface area contributed by atoms with Crippen molar-refractivity contribution in [3.8, 4) is 0 Å². The zero-order valence-electron chi connectivity index (χ0n) is 13.0. The van der Waals surface area contributed by atoms with E-state index in [0.717, 1.165) is 38.0 Å². The molecule has 0 radical (unpaired) electrons. The minimum Gasteiger partial charge on any atom is -0.338 e. The molecule has 0 saturated carbocycles. The number of likely N-dealkylation sites (tertiary alicyclic amines) is 1. The van der Waals surface area contributed by atoms with E-state index >= 15 is 0 Å². The van der Waals surface area contributed by atoms with Gasteiger partial charge < -0.3 is 9.55 Å². The lowest BCUT2D eigenvalue weighted by Gasteiger charge is -2.31. The molecule has 1 saturated heterocycles. The van der Waals surface area contributed by atoms with E-state index < -0.39 is 11.9 Å². The fourth-order valence-electron chi connectivity index (χ4n) is 3.09. The topological polar surface area (TPSA) is 49.7 Å². The van der Waals surface area contributed by atoms with E-state index in [-0.39, 0.29) is 5.92 Å². The Kier molecular flexibility index (Phi) is 4.43. The molecule has 1 N–H and O–H groups in total. The lowest BCUT2D eigenvalue weighted by atomic mass is 9.97. The molecule has 3 heterocycles. The number of hydrogen-bond donors (Lipinski definition) is 1. The van der Waals surface area contributed by atoms with E-state index in [1.54, 1.807) is 6.20 Å². The normalized spacial score (nSPS) is 20.1. The van der Waals surface area contributed by atoms with Gasteiger partial charge in [-0.15, -0.1) is 0 Å². The van der Waals surface area contributed by atoms with Crippen LogP contribution < -0.4 is 0 Å². The molecule has 0 unspecified atom stereocenters. The summed E-state index contributed by atoms with van der Waals surface area (Å²) < 4.78 is 40.1. The largest absolute Gasteiger partial charge is 0.432 e. The van der Waals surface area contributed by atoms with Crippen molar-refractivity contribution >= 4 is 0 Å². The number of piperidine rings is 1. The van der Waals surface area contributed by atoms with E-state index in [2.05, 4.69) is 31.3 Å². The Labute approximate surface area is 132 Å². The average molecular weight is 327 g/mol. The third-order valence-corrected chi connectivity index (χ3v) is 4.30. The van der Waals surface area contributed by atoms with Gasteiger partial charge in [-0.1, -0.05) is 0 Å². The highest BCUT2D eigenvalue weighted by Crippen LogP contribution is 2.31. The molecule has 2 aromatic rings. The molecule has 1 aliphatic heterocycles. The average Bonchev–Trinajstić information content (AvgIpc) is 3.16. The number of halogens is 3. The Morgan fingerprint density at radius 1 is 1.35 bits per heavy atom. The van der Waals surface area contributed by atoms with E-state index in [0.29, 0.717) is 18.9 Å². The van der Waals surface area contributed by atoms with Crippen LogP contribution in [-0.2, 0) is 19.3 Å². The van der Waals surface area contributed by atoms with Gasteiger partial charge >= 0.3 is 6.18 Å². The first kappa shape index (κ1) is 16.0. The predicted molar refractivity (Wildman–Crippen MR) is 78.7 cm³/mol. The van der Waals surface area contributed by atoms with Gasteiger partial charge in [0.2, 0.25) is 0 Å². The number of rotatable bonds is 4. The molecule has 2 aromatic heterocycles. The Morgan fingerprint density at radius 2 is 2.17 bits per heavy atom. The van der Waals surface area contributed by atoms with Gasteiger partial charge in [0.05, 0.1) is 12.7 Å². The molecule has 0 bridgehead atoms. The summed E-state index contributed by atoms with van der Waals surface area (Å²) in [6.07, 6.45) is 2.04. The second-order valence-corrected chi connectivity index (χ2v) is 5.88. The minimum absolute atomic E-state index is 0.00453. The Morgan fingerprint density at radius 3 is 2.87 bits per heavy atom. The molecule has 5 nitrogen and oxygen atoms in total. The molecule has 1 aliphatic rings. The number of aromatic nitrogens is 4. The Hall–Kier alpha value is -1.83. The lowest BCUT2D eigenvalue weighted by molar-refractivity contribution is -0.141. The fourth-order valence-corrected chi connectivity index (χ4v) is 3.09. The number of nitrogens with zero attached hydrogens (tertiary/aromatic N) is 4. The van der Waals surface area contributed by atoms with Gasteiger partial charge in [0, 0.05) is 31.4 Å². The zero-order chi connectivity index (χ0) is 16.4. The SMILES string of the molecule is CCn1ccnc1CN1CCC[C@H](c2ncc(C(F)(F)F)[nH]2)C1. The number of alkyl halides is 3. The summed E-state index contributed by atoms with van der Waals surface area (Å²) in [5.41, 5.74) is -0.772. The molecular weight excluding hydrogens is 307 g/mol. The maximum Gasteiger partial charge on any atom is 0.432 e. The van der Waals surface area contributed by atoms with Crippen LogP contribution in [0.25, 0.3) is 0 Å². The van der Waals surface area contributed by atoms with Crippen LogP contribution in [0, 0.1) is 0 Å². The summed E-state index contributed by atoms with van der Waals surface area (Å²) in [4.78, 5) is 13.0. The van der Waals surface area contributed by atoms with Gasteiger partial charge in [0.25, 0.3) is 0 Å². The van der Waals surface area contributed by atoms with Crippen LogP contribution in [0.15, 0.2) is 18.6 Å². The summed E-state index contributed by atoms with van der Waals surface area (Å²) in [6, 6.07) is 0. The maximum atomic E-state index is 12.7. The van der Waals surface area contributed by atoms with Crippen molar-refractivity contribution in [1.82, 2.24) is 24.4 Å². The highest BCUT2D eigenvalue weighted by Gasteiger charge is 2.34. The van der Waals surface area contributed by atoms with Crippen molar-refractivity contribution in [2.75, 3.05) is 13.1 Å². The molecule has 126 valence electrons. The van der Waals surface area contributed by atoms with Crippen LogP contribution >= 0.6 is 0 Å². The van der Waals surface area contributed by atoms with Gasteiger partial charge in [0.15, 0.2) is 0 Å². The van der Waals surface area contributed by atoms with Gasteiger partial charge in [0.1, 0.15) is 17.3 Å². The van der Waals surface area contributed by atoms with Crippen LogP contribution in [0.1, 0.15) is 43.0 Å². The van der Waals surface area contributed by atoms with Gasteiger partial charge in [-0.25, -0.2) is 9.97 Å². The van der Waals surface area contributed by atoms with Crippen LogP contribution in [0.4, 0.5) is 13.2 Å². The Balaban J connectivity index is 1.67. The number of aromatic amines is 1. The molecule has 1 fully saturated rings. The first-order valence-electron chi connectivity index (χ1n) is 7.82. The molecule has 0 amide bonds. The lowest BCUT2D eigenvalue weighted by Crippen LogP contribution is -2.35. The summed E-state index contributed by atoms with van der Waals surface area (Å²) in [7, 11) is 0. The van der Waals surface area contributed by atoms with E-state index in [1.165, 1.54) is 0 Å². The highest BCUT2D eigenvalue weighted by molar-refractivity contribution is 5.10. The molecule has 1 atom stereocenters. The summed E-state index contributed by atoms with van der Waals surface area (Å²) in [5, 5.41) is 0. The van der Waals surface area contributed by atoms with Crippen molar-refractivity contribution in [2.24, 2.45) is 0 Å². The van der Waals surface area contributed by atoms with Crippen LogP contribution in [0.5, 0.6) is 0 Å². The number of aryl methyl sites for hydroxylation is 1. The van der Waals surface area contributed by atoms with E-state index in [9.17, 15) is 13.2 Å². The summed E-state index contributed by atoms with van der Waals surface area (Å²) >= 11 is 0. The quantitative estimate of drug-likeness (QED) is 0.939. The smallest absolute Gasteiger partial charge is 0.338 e. The molecule has 0 aromatic carbocycles. The van der Waals surface area contributed by atoms with Crippen LogP contribution in [0.3, 0.4) is 0 Å². The highest BCUT2D eigenvalue weighted by atomic mass is 19.4. The van der Waals surface area contributed by atoms with E-state index in [4.69, 9.17) is 0 Å². The molecule has 0 aliphatic carbocycles. The zero-order valence-corrected chi connectivity index (χ0v) is 13.0. The third-order valence-electron chi connectivity index (χ3n) is 4.30. The van der Waals surface area contributed by atoms with Crippen LogP contribution in [-0.4, -0.2) is 37.5 Å². The van der Waals surface area contributed by atoms with Gasteiger partial charge in [-0.2, -0.15) is 13.2 Å². The first-order valence-corrected chi connectivity index (χ1v) is 7.82. The number of imidazole rings is 2. The first-order chi connectivity index (χ1) is 11.0. The van der Waals surface area contributed by atoms with Crippen molar-refractivity contribution in [2.45, 2.75) is 44.9 Å². The monoisotopic (exact) mass is 327 g/mol. The van der Waals surface area contributed by atoms with Crippen molar-refractivity contribution in [3.63, 3.8) is 0 Å². The summed E-state index contributed by atoms with van der Waals surface area (Å²) in [5.74, 6) is 1.43. The molecule has 3 rings (SSSR count). The standard InChI is InChI=1S/C15H20F3N5/c1-2-23-7-5-19-13(23)10-22-6-3-4-11(9-22)14-20-8-12(21-14)15(16,17)18/h5,7-8,11H,2-4,6,9-10H2,1H3,(H,20,21)/t11-/m0/s1. The van der Waals surface area contributed by atoms with Crippen molar-refractivity contribution < 1.29 is 13.2 Å². The molecule has 8 heteroatoms. The molecule has 0 spiro atoms. The third kappa shape index (κ3) is 3.57. The molecule has 23 heavy (non-hydrogen) atoms. The second-order valence-electron chi connectivity index (χ2n) is 5.88. The Bertz CT molecular complexity index is 646. The van der Waals surface area contributed by atoms with Crippen molar-refractivity contribution in [3.05, 3.63) is 35.9 Å². The number of nitrogens with one attached hydrogen (secondary N) is 1. The number of hydrogen-bond acceptors (Lipinski definition) is 3. The van der Waals surface area contributed by atoms with Gasteiger partial charge in [-0.3, -0.25) is 4.90 Å².